The van der Waals surface area contributed by atoms with Gasteiger partial charge in [0.15, 0.2) is 0 Å². The van der Waals surface area contributed by atoms with E-state index in [1.807, 2.05) is 31.2 Å². The Balaban J connectivity index is 2.23. The molecular weight excluding hydrogens is 315 g/mol. The molecule has 2 aromatic carbocycles. The molecule has 0 spiro atoms. The summed E-state index contributed by atoms with van der Waals surface area (Å²) in [5, 5.41) is 2.93. The molecule has 22 heavy (non-hydrogen) atoms. The highest BCUT2D eigenvalue weighted by Crippen LogP contribution is 2.28. The highest BCUT2D eigenvalue weighted by Gasteiger charge is 2.40. The fourth-order valence-electron chi connectivity index (χ4n) is 1.91. The summed E-state index contributed by atoms with van der Waals surface area (Å²) in [7, 11) is 0. The van der Waals surface area contributed by atoms with E-state index in [0.29, 0.717) is 6.54 Å². The van der Waals surface area contributed by atoms with E-state index >= 15 is 0 Å². The average Bonchev–Trinajstić information content (AvgIpc) is 2.46. The lowest BCUT2D eigenvalue weighted by atomic mass is 10.1. The first kappa shape index (κ1) is 16.4. The van der Waals surface area contributed by atoms with Crippen LogP contribution in [-0.2, 0) is 6.54 Å². The van der Waals surface area contributed by atoms with Crippen LogP contribution in [0.3, 0.4) is 0 Å². The Bertz CT molecular complexity index is 681. The van der Waals surface area contributed by atoms with Crippen LogP contribution in [-0.4, -0.2) is 12.0 Å². The van der Waals surface area contributed by atoms with E-state index in [0.717, 1.165) is 17.2 Å². The lowest BCUT2D eigenvalue weighted by Gasteiger charge is -2.13. The van der Waals surface area contributed by atoms with Gasteiger partial charge in [-0.2, -0.15) is 13.2 Å². The number of nitrogens with one attached hydrogen (secondary N) is 1. The van der Waals surface area contributed by atoms with Crippen molar-refractivity contribution in [2.45, 2.75) is 19.6 Å². The van der Waals surface area contributed by atoms with E-state index in [1.165, 1.54) is 12.1 Å². The second-order valence-corrected chi connectivity index (χ2v) is 5.29. The Kier molecular flexibility index (Phi) is 4.76. The topological polar surface area (TPSA) is 29.1 Å². The summed E-state index contributed by atoms with van der Waals surface area (Å²) in [4.78, 5) is 11.5. The second-order valence-electron chi connectivity index (χ2n) is 4.86. The number of aryl methyl sites for hydroxylation is 1. The molecule has 0 saturated heterocycles. The average molecular weight is 328 g/mol. The molecule has 0 heterocycles. The van der Waals surface area contributed by atoms with Gasteiger partial charge < -0.3 is 5.32 Å². The molecule has 1 N–H and O–H groups in total. The zero-order valence-electron chi connectivity index (χ0n) is 11.7. The van der Waals surface area contributed by atoms with Crippen molar-refractivity contribution >= 4 is 23.1 Å². The number of rotatable bonds is 4. The molecule has 0 atom stereocenters. The maximum atomic E-state index is 12.6. The molecule has 0 saturated carbocycles. The Morgan fingerprint density at radius 2 is 1.77 bits per heavy atom. The molecule has 0 aliphatic heterocycles. The lowest BCUT2D eigenvalue weighted by molar-refractivity contribution is -0.0884. The summed E-state index contributed by atoms with van der Waals surface area (Å²) in [6.07, 6.45) is -4.94. The normalized spacial score (nSPS) is 11.3. The molecule has 0 aliphatic carbocycles. The monoisotopic (exact) mass is 327 g/mol. The molecule has 0 unspecified atom stereocenters. The summed E-state index contributed by atoms with van der Waals surface area (Å²) >= 11 is 5.70. The van der Waals surface area contributed by atoms with E-state index in [9.17, 15) is 18.0 Å². The minimum atomic E-state index is -4.94. The molecule has 0 bridgehead atoms. The number of carbonyl (C=O) groups excluding carboxylic acids is 1. The quantitative estimate of drug-likeness (QED) is 0.800. The molecule has 0 aliphatic rings. The van der Waals surface area contributed by atoms with Gasteiger partial charge in [-0.25, -0.2) is 0 Å². The number of carbonyl (C=O) groups is 1. The smallest absolute Gasteiger partial charge is 0.380 e. The number of Topliss-reactive ketones (excluding diaryl/α,β-unsaturated/α-hetero) is 1. The Hall–Kier alpha value is -2.01. The number of alkyl halides is 3. The summed E-state index contributed by atoms with van der Waals surface area (Å²) in [5.74, 6) is -1.92. The van der Waals surface area contributed by atoms with Crippen LogP contribution in [0.2, 0.25) is 5.02 Å². The van der Waals surface area contributed by atoms with Crippen LogP contribution in [0.4, 0.5) is 18.9 Å². The number of hydrogen-bond acceptors (Lipinski definition) is 2. The standard InChI is InChI=1S/C16H13ClF3NO/c1-10-2-4-11(5-3-10)9-21-14-7-6-12(17)8-13(14)15(22)16(18,19)20/h2-8,21H,9H2,1H3. The van der Waals surface area contributed by atoms with Crippen molar-refractivity contribution in [3.63, 3.8) is 0 Å². The fraction of sp³-hybridized carbons (Fsp3) is 0.188. The number of anilines is 1. The first-order valence-electron chi connectivity index (χ1n) is 6.48. The zero-order chi connectivity index (χ0) is 16.3. The molecular formula is C16H13ClF3NO. The Morgan fingerprint density at radius 3 is 2.36 bits per heavy atom. The summed E-state index contributed by atoms with van der Waals surface area (Å²) in [6, 6.07) is 11.4. The molecule has 0 fully saturated rings. The molecule has 0 amide bonds. The van der Waals surface area contributed by atoms with Crippen molar-refractivity contribution in [2.75, 3.05) is 5.32 Å². The van der Waals surface area contributed by atoms with Gasteiger partial charge in [-0.05, 0) is 30.7 Å². The van der Waals surface area contributed by atoms with Crippen molar-refractivity contribution in [3.05, 3.63) is 64.2 Å². The maximum Gasteiger partial charge on any atom is 0.454 e. The largest absolute Gasteiger partial charge is 0.454 e. The first-order chi connectivity index (χ1) is 10.3. The van der Waals surface area contributed by atoms with E-state index in [-0.39, 0.29) is 10.7 Å². The van der Waals surface area contributed by atoms with Gasteiger partial charge in [-0.1, -0.05) is 41.4 Å². The number of hydrogen-bond donors (Lipinski definition) is 1. The van der Waals surface area contributed by atoms with Crippen LogP contribution in [0.25, 0.3) is 0 Å². The van der Waals surface area contributed by atoms with Gasteiger partial charge in [-0.3, -0.25) is 4.79 Å². The van der Waals surface area contributed by atoms with Crippen LogP contribution in [0, 0.1) is 6.92 Å². The third-order valence-corrected chi connectivity index (χ3v) is 3.32. The molecule has 2 rings (SSSR count). The summed E-state index contributed by atoms with van der Waals surface area (Å²) < 4.78 is 37.9. The maximum absolute atomic E-state index is 12.6. The lowest BCUT2D eigenvalue weighted by Crippen LogP contribution is -2.24. The first-order valence-corrected chi connectivity index (χ1v) is 6.85. The van der Waals surface area contributed by atoms with Crippen molar-refractivity contribution in [1.29, 1.82) is 0 Å². The number of ketones is 1. The van der Waals surface area contributed by atoms with E-state index < -0.39 is 17.5 Å². The molecule has 116 valence electrons. The van der Waals surface area contributed by atoms with E-state index in [4.69, 9.17) is 11.6 Å². The molecule has 6 heteroatoms. The minimum absolute atomic E-state index is 0.0773. The van der Waals surface area contributed by atoms with Crippen molar-refractivity contribution in [1.82, 2.24) is 0 Å². The van der Waals surface area contributed by atoms with E-state index in [2.05, 4.69) is 5.32 Å². The van der Waals surface area contributed by atoms with Gasteiger partial charge in [0.05, 0.1) is 5.56 Å². The SMILES string of the molecule is Cc1ccc(CNc2ccc(Cl)cc2C(=O)C(F)(F)F)cc1. The number of halogens is 4. The molecule has 0 aromatic heterocycles. The van der Waals surface area contributed by atoms with Crippen molar-refractivity contribution in [2.24, 2.45) is 0 Å². The minimum Gasteiger partial charge on any atom is -0.380 e. The van der Waals surface area contributed by atoms with Gasteiger partial charge in [0, 0.05) is 17.3 Å². The molecule has 0 radical (unpaired) electrons. The van der Waals surface area contributed by atoms with E-state index in [1.54, 1.807) is 0 Å². The van der Waals surface area contributed by atoms with Crippen LogP contribution in [0.1, 0.15) is 21.5 Å². The number of benzene rings is 2. The van der Waals surface area contributed by atoms with Crippen molar-refractivity contribution < 1.29 is 18.0 Å². The predicted molar refractivity (Wildman–Crippen MR) is 80.3 cm³/mol. The Labute approximate surface area is 130 Å². The second kappa shape index (κ2) is 6.40. The fourth-order valence-corrected chi connectivity index (χ4v) is 2.09. The summed E-state index contributed by atoms with van der Waals surface area (Å²) in [6.45, 7) is 2.25. The van der Waals surface area contributed by atoms with Crippen LogP contribution < -0.4 is 5.32 Å². The van der Waals surface area contributed by atoms with Crippen LogP contribution in [0.5, 0.6) is 0 Å². The van der Waals surface area contributed by atoms with Gasteiger partial charge in [0.2, 0.25) is 0 Å². The molecule has 2 nitrogen and oxygen atoms in total. The van der Waals surface area contributed by atoms with Crippen molar-refractivity contribution in [3.8, 4) is 0 Å². The Morgan fingerprint density at radius 1 is 1.14 bits per heavy atom. The predicted octanol–water partition coefficient (Wildman–Crippen LogP) is 5.01. The van der Waals surface area contributed by atoms with Gasteiger partial charge in [0.1, 0.15) is 0 Å². The van der Waals surface area contributed by atoms with Gasteiger partial charge in [-0.15, -0.1) is 0 Å². The molecule has 2 aromatic rings. The van der Waals surface area contributed by atoms with Crippen LogP contribution >= 0.6 is 11.6 Å². The highest BCUT2D eigenvalue weighted by molar-refractivity contribution is 6.31. The third kappa shape index (κ3) is 4.01. The van der Waals surface area contributed by atoms with Gasteiger partial charge in [0.25, 0.3) is 5.78 Å². The third-order valence-electron chi connectivity index (χ3n) is 3.09. The van der Waals surface area contributed by atoms with Gasteiger partial charge >= 0.3 is 6.18 Å². The zero-order valence-corrected chi connectivity index (χ0v) is 12.4. The van der Waals surface area contributed by atoms with Crippen LogP contribution in [0.15, 0.2) is 42.5 Å². The highest BCUT2D eigenvalue weighted by atomic mass is 35.5. The summed E-state index contributed by atoms with van der Waals surface area (Å²) in [5.41, 5.74) is 1.61.